The third kappa shape index (κ3) is 3.72. The molecule has 2 rings (SSSR count). The average molecular weight is 307 g/mol. The van der Waals surface area contributed by atoms with Crippen LogP contribution < -0.4 is 11.1 Å². The lowest BCUT2D eigenvalue weighted by Gasteiger charge is -2.05. The summed E-state index contributed by atoms with van der Waals surface area (Å²) < 4.78 is 0. The molecule has 0 fully saturated rings. The molecule has 0 saturated carbocycles. The van der Waals surface area contributed by atoms with E-state index >= 15 is 0 Å². The first-order chi connectivity index (χ1) is 9.97. The van der Waals surface area contributed by atoms with Crippen LogP contribution in [0.15, 0.2) is 17.6 Å². The molecule has 2 heterocycles. The van der Waals surface area contributed by atoms with Gasteiger partial charge in [-0.1, -0.05) is 0 Å². The van der Waals surface area contributed by atoms with Gasteiger partial charge in [0.2, 0.25) is 0 Å². The number of carbonyl (C=O) groups excluding carboxylic acids is 1. The number of aromatic nitrogens is 2. The number of hydrogen-bond acceptors (Lipinski definition) is 7. The lowest BCUT2D eigenvalue weighted by molar-refractivity contribution is -0.385. The van der Waals surface area contributed by atoms with E-state index in [2.05, 4.69) is 15.3 Å². The SMILES string of the molecule is Cc1nc(CCNC(=O)c2cc(N)ncc2[N+](=O)[O-])cs1. The monoisotopic (exact) mass is 307 g/mol. The highest BCUT2D eigenvalue weighted by molar-refractivity contribution is 7.09. The predicted octanol–water partition coefficient (Wildman–Crippen LogP) is 1.31. The van der Waals surface area contributed by atoms with Gasteiger partial charge in [-0.3, -0.25) is 14.9 Å². The van der Waals surface area contributed by atoms with Crippen LogP contribution in [-0.2, 0) is 6.42 Å². The molecule has 9 heteroatoms. The highest BCUT2D eigenvalue weighted by Gasteiger charge is 2.20. The Hall–Kier alpha value is -2.55. The molecule has 21 heavy (non-hydrogen) atoms. The Morgan fingerprint density at radius 1 is 1.57 bits per heavy atom. The molecule has 0 bridgehead atoms. The van der Waals surface area contributed by atoms with E-state index in [0.717, 1.165) is 16.9 Å². The molecule has 0 aliphatic heterocycles. The third-order valence-electron chi connectivity index (χ3n) is 2.68. The van der Waals surface area contributed by atoms with Crippen LogP contribution in [0.3, 0.4) is 0 Å². The van der Waals surface area contributed by atoms with Crippen molar-refractivity contribution in [2.45, 2.75) is 13.3 Å². The van der Waals surface area contributed by atoms with E-state index in [1.165, 1.54) is 17.4 Å². The largest absolute Gasteiger partial charge is 0.384 e. The van der Waals surface area contributed by atoms with Crippen LogP contribution in [0.5, 0.6) is 0 Å². The summed E-state index contributed by atoms with van der Waals surface area (Å²) in [5.74, 6) is -0.497. The van der Waals surface area contributed by atoms with E-state index in [1.807, 2.05) is 12.3 Å². The number of anilines is 1. The smallest absolute Gasteiger partial charge is 0.300 e. The number of nitrogen functional groups attached to an aromatic ring is 1. The molecule has 0 radical (unpaired) electrons. The molecule has 0 atom stereocenters. The van der Waals surface area contributed by atoms with Gasteiger partial charge in [0.15, 0.2) is 0 Å². The fraction of sp³-hybridized carbons (Fsp3) is 0.250. The van der Waals surface area contributed by atoms with Crippen LogP contribution in [0.25, 0.3) is 0 Å². The van der Waals surface area contributed by atoms with E-state index in [9.17, 15) is 14.9 Å². The number of rotatable bonds is 5. The van der Waals surface area contributed by atoms with Gasteiger partial charge in [0.1, 0.15) is 17.6 Å². The minimum absolute atomic E-state index is 0.0564. The number of nitrogens with one attached hydrogen (secondary N) is 1. The number of pyridine rings is 1. The first-order valence-corrected chi connectivity index (χ1v) is 6.94. The molecule has 0 unspecified atom stereocenters. The van der Waals surface area contributed by atoms with Crippen molar-refractivity contribution in [1.82, 2.24) is 15.3 Å². The van der Waals surface area contributed by atoms with Crippen LogP contribution >= 0.6 is 11.3 Å². The van der Waals surface area contributed by atoms with Gasteiger partial charge in [-0.25, -0.2) is 9.97 Å². The number of nitrogens with zero attached hydrogens (tertiary/aromatic N) is 3. The van der Waals surface area contributed by atoms with Gasteiger partial charge in [-0.05, 0) is 13.0 Å². The predicted molar refractivity (Wildman–Crippen MR) is 78.2 cm³/mol. The normalized spacial score (nSPS) is 10.3. The number of nitrogens with two attached hydrogens (primary N) is 1. The van der Waals surface area contributed by atoms with Gasteiger partial charge < -0.3 is 11.1 Å². The molecule has 0 aliphatic carbocycles. The van der Waals surface area contributed by atoms with E-state index in [-0.39, 0.29) is 17.1 Å². The second-order valence-corrected chi connectivity index (χ2v) is 5.31. The van der Waals surface area contributed by atoms with E-state index in [4.69, 9.17) is 5.73 Å². The summed E-state index contributed by atoms with van der Waals surface area (Å²) in [5.41, 5.74) is 5.88. The fourth-order valence-electron chi connectivity index (χ4n) is 1.71. The average Bonchev–Trinajstić information content (AvgIpc) is 2.84. The molecule has 2 aromatic rings. The highest BCUT2D eigenvalue weighted by atomic mass is 32.1. The summed E-state index contributed by atoms with van der Waals surface area (Å²) in [4.78, 5) is 30.1. The molecular weight excluding hydrogens is 294 g/mol. The van der Waals surface area contributed by atoms with Crippen LogP contribution in [0.1, 0.15) is 21.1 Å². The number of aryl methyl sites for hydroxylation is 1. The Morgan fingerprint density at radius 2 is 2.33 bits per heavy atom. The van der Waals surface area contributed by atoms with Gasteiger partial charge in [-0.2, -0.15) is 0 Å². The second-order valence-electron chi connectivity index (χ2n) is 4.25. The summed E-state index contributed by atoms with van der Waals surface area (Å²) in [7, 11) is 0. The molecule has 8 nitrogen and oxygen atoms in total. The second kappa shape index (κ2) is 6.27. The van der Waals surface area contributed by atoms with Crippen molar-refractivity contribution in [2.75, 3.05) is 12.3 Å². The van der Waals surface area contributed by atoms with Crippen LogP contribution in [-0.4, -0.2) is 27.3 Å². The fourth-order valence-corrected chi connectivity index (χ4v) is 2.36. The summed E-state index contributed by atoms with van der Waals surface area (Å²) in [6.45, 7) is 2.23. The van der Waals surface area contributed by atoms with Crippen molar-refractivity contribution >= 4 is 28.7 Å². The summed E-state index contributed by atoms with van der Waals surface area (Å²) in [6.07, 6.45) is 1.54. The molecule has 3 N–H and O–H groups in total. The number of carbonyl (C=O) groups is 1. The van der Waals surface area contributed by atoms with Crippen molar-refractivity contribution < 1.29 is 9.72 Å². The first-order valence-electron chi connectivity index (χ1n) is 6.06. The lowest BCUT2D eigenvalue weighted by atomic mass is 10.2. The number of thiazole rings is 1. The Morgan fingerprint density at radius 3 is 2.95 bits per heavy atom. The molecule has 0 saturated heterocycles. The van der Waals surface area contributed by atoms with Crippen molar-refractivity contribution in [3.8, 4) is 0 Å². The summed E-state index contributed by atoms with van der Waals surface area (Å²) in [5, 5.41) is 16.4. The maximum atomic E-state index is 12.0. The van der Waals surface area contributed by atoms with Gasteiger partial charge in [-0.15, -0.1) is 11.3 Å². The van der Waals surface area contributed by atoms with Gasteiger partial charge in [0, 0.05) is 18.3 Å². The zero-order valence-corrected chi connectivity index (χ0v) is 12.0. The number of nitro groups is 1. The molecule has 0 spiro atoms. The van der Waals surface area contributed by atoms with Crippen molar-refractivity contribution in [3.63, 3.8) is 0 Å². The minimum Gasteiger partial charge on any atom is -0.384 e. The third-order valence-corrected chi connectivity index (χ3v) is 3.50. The molecule has 1 amide bonds. The number of amides is 1. The number of hydrogen-bond donors (Lipinski definition) is 2. The molecule has 2 aromatic heterocycles. The Labute approximate surface area is 124 Å². The van der Waals surface area contributed by atoms with Gasteiger partial charge >= 0.3 is 0 Å². The van der Waals surface area contributed by atoms with E-state index in [1.54, 1.807) is 0 Å². The standard InChI is InChI=1S/C12H13N5O3S/c1-7-16-8(6-21-7)2-3-14-12(18)9-4-11(13)15-5-10(9)17(19)20/h4-6H,2-3H2,1H3,(H2,13,15)(H,14,18). The van der Waals surface area contributed by atoms with Crippen LogP contribution in [0, 0.1) is 17.0 Å². The maximum absolute atomic E-state index is 12.0. The van der Waals surface area contributed by atoms with E-state index < -0.39 is 10.8 Å². The van der Waals surface area contributed by atoms with Crippen molar-refractivity contribution in [2.24, 2.45) is 0 Å². The molecule has 0 aliphatic rings. The maximum Gasteiger partial charge on any atom is 0.300 e. The Kier molecular flexibility index (Phi) is 4.43. The molecular formula is C12H13N5O3S. The quantitative estimate of drug-likeness (QED) is 0.634. The van der Waals surface area contributed by atoms with Crippen LogP contribution in [0.4, 0.5) is 11.5 Å². The zero-order valence-electron chi connectivity index (χ0n) is 11.2. The summed E-state index contributed by atoms with van der Waals surface area (Å²) in [6, 6.07) is 1.19. The molecule has 0 aromatic carbocycles. The minimum atomic E-state index is -0.662. The Balaban J connectivity index is 2.03. The van der Waals surface area contributed by atoms with E-state index in [0.29, 0.717) is 13.0 Å². The Bertz CT molecular complexity index is 685. The van der Waals surface area contributed by atoms with Crippen molar-refractivity contribution in [1.29, 1.82) is 0 Å². The topological polar surface area (TPSA) is 124 Å². The highest BCUT2D eigenvalue weighted by Crippen LogP contribution is 2.18. The van der Waals surface area contributed by atoms with Gasteiger partial charge in [0.25, 0.3) is 11.6 Å². The summed E-state index contributed by atoms with van der Waals surface area (Å²) >= 11 is 1.53. The van der Waals surface area contributed by atoms with Gasteiger partial charge in [0.05, 0.1) is 15.6 Å². The first kappa shape index (κ1) is 14.9. The lowest BCUT2D eigenvalue weighted by Crippen LogP contribution is -2.26. The zero-order chi connectivity index (χ0) is 15.4. The van der Waals surface area contributed by atoms with Crippen molar-refractivity contribution in [3.05, 3.63) is 44.0 Å². The molecule has 110 valence electrons. The van der Waals surface area contributed by atoms with Crippen LogP contribution in [0.2, 0.25) is 0 Å².